The summed E-state index contributed by atoms with van der Waals surface area (Å²) in [5.41, 5.74) is 4.94. The van der Waals surface area contributed by atoms with Gasteiger partial charge in [-0.25, -0.2) is 4.79 Å². The van der Waals surface area contributed by atoms with Crippen molar-refractivity contribution in [1.82, 2.24) is 0 Å². The number of hydrogen-bond acceptors (Lipinski definition) is 3. The van der Waals surface area contributed by atoms with Gasteiger partial charge < -0.3 is 15.2 Å². The molecule has 0 radical (unpaired) electrons. The molecule has 1 unspecified atom stereocenters. The van der Waals surface area contributed by atoms with E-state index >= 15 is 0 Å². The number of carboxylic acids is 1. The first-order valence-electron chi connectivity index (χ1n) is 10.6. The van der Waals surface area contributed by atoms with Crippen LogP contribution in [0, 0.1) is 0 Å². The van der Waals surface area contributed by atoms with Crippen molar-refractivity contribution in [2.24, 2.45) is 0 Å². The SMILES string of the molecule is O=C(O)C(Cc1ccc(OCc2ccccc2)cc1)Nc1cccc(-c2ccccc2)c1. The Bertz CT molecular complexity index is 1140. The molecule has 4 nitrogen and oxygen atoms in total. The van der Waals surface area contributed by atoms with Crippen LogP contribution in [0.25, 0.3) is 11.1 Å². The molecule has 4 aromatic rings. The van der Waals surface area contributed by atoms with E-state index in [4.69, 9.17) is 4.74 Å². The van der Waals surface area contributed by atoms with Crippen LogP contribution in [-0.2, 0) is 17.8 Å². The second kappa shape index (κ2) is 10.3. The molecule has 32 heavy (non-hydrogen) atoms. The topological polar surface area (TPSA) is 58.6 Å². The summed E-state index contributed by atoms with van der Waals surface area (Å²) in [6, 6.07) is 34.7. The predicted molar refractivity (Wildman–Crippen MR) is 128 cm³/mol. The monoisotopic (exact) mass is 423 g/mol. The lowest BCUT2D eigenvalue weighted by atomic mass is 10.0. The minimum Gasteiger partial charge on any atom is -0.489 e. The molecule has 4 heteroatoms. The summed E-state index contributed by atoms with van der Waals surface area (Å²) in [5, 5.41) is 12.9. The summed E-state index contributed by atoms with van der Waals surface area (Å²) in [4.78, 5) is 11.9. The van der Waals surface area contributed by atoms with Crippen molar-refractivity contribution in [2.75, 3.05) is 5.32 Å². The van der Waals surface area contributed by atoms with E-state index < -0.39 is 12.0 Å². The Morgan fingerprint density at radius 1 is 0.750 bits per heavy atom. The van der Waals surface area contributed by atoms with Crippen molar-refractivity contribution in [3.8, 4) is 16.9 Å². The zero-order valence-electron chi connectivity index (χ0n) is 17.6. The molecule has 2 N–H and O–H groups in total. The van der Waals surface area contributed by atoms with Gasteiger partial charge in [-0.3, -0.25) is 0 Å². The van der Waals surface area contributed by atoms with E-state index in [0.29, 0.717) is 13.0 Å². The number of carbonyl (C=O) groups is 1. The molecule has 4 rings (SSSR count). The average Bonchev–Trinajstić information content (AvgIpc) is 2.84. The first-order valence-corrected chi connectivity index (χ1v) is 10.6. The Morgan fingerprint density at radius 3 is 2.09 bits per heavy atom. The summed E-state index contributed by atoms with van der Waals surface area (Å²) in [6.45, 7) is 0.497. The lowest BCUT2D eigenvalue weighted by molar-refractivity contribution is -0.137. The molecule has 0 aliphatic carbocycles. The maximum atomic E-state index is 11.9. The largest absolute Gasteiger partial charge is 0.489 e. The van der Waals surface area contributed by atoms with Crippen LogP contribution in [0.2, 0.25) is 0 Å². The lowest BCUT2D eigenvalue weighted by Crippen LogP contribution is -2.31. The molecule has 0 aromatic heterocycles. The van der Waals surface area contributed by atoms with E-state index in [0.717, 1.165) is 33.7 Å². The third-order valence-corrected chi connectivity index (χ3v) is 5.22. The van der Waals surface area contributed by atoms with Gasteiger partial charge in [0.1, 0.15) is 18.4 Å². The zero-order chi connectivity index (χ0) is 22.2. The van der Waals surface area contributed by atoms with Crippen LogP contribution in [-0.4, -0.2) is 17.1 Å². The van der Waals surface area contributed by atoms with Gasteiger partial charge in [0, 0.05) is 12.1 Å². The fraction of sp³-hybridized carbons (Fsp3) is 0.107. The van der Waals surface area contributed by atoms with Crippen LogP contribution >= 0.6 is 0 Å². The summed E-state index contributed by atoms with van der Waals surface area (Å²) in [7, 11) is 0. The highest BCUT2D eigenvalue weighted by atomic mass is 16.5. The summed E-state index contributed by atoms with van der Waals surface area (Å²) in [6.07, 6.45) is 0.365. The van der Waals surface area contributed by atoms with Crippen molar-refractivity contribution in [3.05, 3.63) is 120 Å². The average molecular weight is 424 g/mol. The zero-order valence-corrected chi connectivity index (χ0v) is 17.6. The van der Waals surface area contributed by atoms with Gasteiger partial charge in [-0.2, -0.15) is 0 Å². The molecule has 1 atom stereocenters. The van der Waals surface area contributed by atoms with Crippen LogP contribution in [0.3, 0.4) is 0 Å². The van der Waals surface area contributed by atoms with Gasteiger partial charge in [0.05, 0.1) is 0 Å². The standard InChI is InChI=1S/C28H25NO3/c30-28(31)27(29-25-13-7-12-24(19-25)23-10-5-2-6-11-23)18-21-14-16-26(17-15-21)32-20-22-8-3-1-4-9-22/h1-17,19,27,29H,18,20H2,(H,30,31). The van der Waals surface area contributed by atoms with Crippen LogP contribution in [0.5, 0.6) is 5.75 Å². The maximum absolute atomic E-state index is 11.9. The Kier molecular flexibility index (Phi) is 6.83. The van der Waals surface area contributed by atoms with E-state index in [-0.39, 0.29) is 0 Å². The quantitative estimate of drug-likeness (QED) is 0.345. The summed E-state index contributed by atoms with van der Waals surface area (Å²) in [5.74, 6) is -0.132. The molecule has 0 saturated heterocycles. The Morgan fingerprint density at radius 2 is 1.41 bits per heavy atom. The third-order valence-electron chi connectivity index (χ3n) is 5.22. The molecule has 0 spiro atoms. The normalized spacial score (nSPS) is 11.5. The van der Waals surface area contributed by atoms with E-state index in [2.05, 4.69) is 5.32 Å². The van der Waals surface area contributed by atoms with Crippen molar-refractivity contribution in [3.63, 3.8) is 0 Å². The molecule has 0 aliphatic heterocycles. The smallest absolute Gasteiger partial charge is 0.326 e. The van der Waals surface area contributed by atoms with Crippen molar-refractivity contribution in [1.29, 1.82) is 0 Å². The molecule has 0 saturated carbocycles. The van der Waals surface area contributed by atoms with Gasteiger partial charge in [-0.05, 0) is 46.5 Å². The van der Waals surface area contributed by atoms with Crippen LogP contribution in [0.15, 0.2) is 109 Å². The Balaban J connectivity index is 1.40. The molecule has 4 aromatic carbocycles. The molecular formula is C28H25NO3. The van der Waals surface area contributed by atoms with Gasteiger partial charge in [-0.1, -0.05) is 84.9 Å². The van der Waals surface area contributed by atoms with Gasteiger partial charge in [0.2, 0.25) is 0 Å². The van der Waals surface area contributed by atoms with Gasteiger partial charge in [-0.15, -0.1) is 0 Å². The molecule has 0 aliphatic rings. The highest BCUT2D eigenvalue weighted by Gasteiger charge is 2.18. The Labute approximate surface area is 188 Å². The predicted octanol–water partition coefficient (Wildman–Crippen LogP) is 6.04. The van der Waals surface area contributed by atoms with Crippen molar-refractivity contribution in [2.45, 2.75) is 19.1 Å². The van der Waals surface area contributed by atoms with Gasteiger partial charge in [0.25, 0.3) is 0 Å². The third kappa shape index (κ3) is 5.76. The maximum Gasteiger partial charge on any atom is 0.326 e. The number of carboxylic acid groups (broad SMARTS) is 1. The number of nitrogens with one attached hydrogen (secondary N) is 1. The van der Waals surface area contributed by atoms with Crippen LogP contribution < -0.4 is 10.1 Å². The van der Waals surface area contributed by atoms with Gasteiger partial charge in [0.15, 0.2) is 0 Å². The summed E-state index contributed by atoms with van der Waals surface area (Å²) >= 11 is 0. The van der Waals surface area contributed by atoms with E-state index in [9.17, 15) is 9.90 Å². The van der Waals surface area contributed by atoms with Gasteiger partial charge >= 0.3 is 5.97 Å². The first kappa shape index (κ1) is 21.2. The number of anilines is 1. The van der Waals surface area contributed by atoms with Crippen molar-refractivity contribution < 1.29 is 14.6 Å². The molecule has 0 heterocycles. The number of hydrogen-bond donors (Lipinski definition) is 2. The minimum atomic E-state index is -0.889. The minimum absolute atomic E-state index is 0.365. The second-order valence-corrected chi connectivity index (χ2v) is 7.60. The number of aliphatic carboxylic acids is 1. The lowest BCUT2D eigenvalue weighted by Gasteiger charge is -2.17. The second-order valence-electron chi connectivity index (χ2n) is 7.60. The Hall–Kier alpha value is -4.05. The fourth-order valence-corrected chi connectivity index (χ4v) is 3.52. The van der Waals surface area contributed by atoms with E-state index in [1.807, 2.05) is 109 Å². The first-order chi connectivity index (χ1) is 15.7. The van der Waals surface area contributed by atoms with Crippen LogP contribution in [0.4, 0.5) is 5.69 Å². The van der Waals surface area contributed by atoms with Crippen molar-refractivity contribution >= 4 is 11.7 Å². The fourth-order valence-electron chi connectivity index (χ4n) is 3.52. The number of rotatable bonds is 9. The molecular weight excluding hydrogens is 398 g/mol. The molecule has 0 bridgehead atoms. The van der Waals surface area contributed by atoms with E-state index in [1.165, 1.54) is 0 Å². The number of benzene rings is 4. The number of ether oxygens (including phenoxy) is 1. The molecule has 0 amide bonds. The molecule has 0 fully saturated rings. The molecule has 160 valence electrons. The van der Waals surface area contributed by atoms with E-state index in [1.54, 1.807) is 0 Å². The van der Waals surface area contributed by atoms with Crippen LogP contribution in [0.1, 0.15) is 11.1 Å². The highest BCUT2D eigenvalue weighted by Crippen LogP contribution is 2.23. The summed E-state index contributed by atoms with van der Waals surface area (Å²) < 4.78 is 5.82. The highest BCUT2D eigenvalue weighted by molar-refractivity contribution is 5.78.